The predicted molar refractivity (Wildman–Crippen MR) is 150 cm³/mol. The lowest BCUT2D eigenvalue weighted by Gasteiger charge is -2.25. The van der Waals surface area contributed by atoms with Gasteiger partial charge in [-0.25, -0.2) is 9.38 Å². The Balaban J connectivity index is 1.44. The molecule has 2 aromatic heterocycles. The number of anilines is 3. The quantitative estimate of drug-likeness (QED) is 0.267. The van der Waals surface area contributed by atoms with Crippen molar-refractivity contribution in [2.24, 2.45) is 0 Å². The van der Waals surface area contributed by atoms with Crippen LogP contribution in [0.3, 0.4) is 0 Å². The Kier molecular flexibility index (Phi) is 4.86. The van der Waals surface area contributed by atoms with Crippen molar-refractivity contribution in [3.63, 3.8) is 0 Å². The fourth-order valence-electron chi connectivity index (χ4n) is 5.04. The first-order valence-electron chi connectivity index (χ1n) is 12.2. The van der Waals surface area contributed by atoms with E-state index < -0.39 is 0 Å². The molecule has 0 aliphatic rings. The average molecular weight is 479 g/mol. The highest BCUT2D eigenvalue weighted by molar-refractivity contribution is 5.88. The third-order valence-electron chi connectivity index (χ3n) is 6.72. The number of aromatic nitrogens is 3. The van der Waals surface area contributed by atoms with E-state index in [1.807, 2.05) is 84.9 Å². The Hall–Kier alpha value is -5.16. The molecule has 0 spiro atoms. The third-order valence-corrected chi connectivity index (χ3v) is 6.72. The molecule has 0 amide bonds. The summed E-state index contributed by atoms with van der Waals surface area (Å²) in [5.74, 6) is 0.598. The molecule has 7 rings (SSSR count). The van der Waals surface area contributed by atoms with Gasteiger partial charge in [0.15, 0.2) is 0 Å². The highest BCUT2D eigenvalue weighted by atomic mass is 16.1. The van der Waals surface area contributed by atoms with E-state index in [0.717, 1.165) is 33.8 Å². The largest absolute Gasteiger partial charge is 0.311 e. The molecule has 0 atom stereocenters. The summed E-state index contributed by atoms with van der Waals surface area (Å²) in [6.45, 7) is 0. The minimum Gasteiger partial charge on any atom is -0.311 e. The Morgan fingerprint density at radius 3 is 1.76 bits per heavy atom. The number of benzene rings is 5. The Bertz CT molecular complexity index is 1900. The van der Waals surface area contributed by atoms with Gasteiger partial charge in [0.1, 0.15) is 0 Å². The smallest absolute Gasteiger partial charge is 0.267 e. The maximum atomic E-state index is 13.5. The van der Waals surface area contributed by atoms with Gasteiger partial charge in [0.25, 0.3) is 5.56 Å². The number of para-hydroxylation sites is 5. The number of hydrogen-bond acceptors (Lipinski definition) is 3. The van der Waals surface area contributed by atoms with Crippen LogP contribution in [-0.2, 0) is 0 Å². The van der Waals surface area contributed by atoms with Gasteiger partial charge in [0, 0.05) is 22.7 Å². The molecule has 5 heteroatoms. The van der Waals surface area contributed by atoms with Gasteiger partial charge >= 0.3 is 0 Å². The van der Waals surface area contributed by atoms with Crippen LogP contribution < -0.4 is 10.5 Å². The van der Waals surface area contributed by atoms with Crippen LogP contribution in [0.1, 0.15) is 0 Å². The second-order valence-electron chi connectivity index (χ2n) is 8.92. The fourth-order valence-corrected chi connectivity index (χ4v) is 5.04. The maximum Gasteiger partial charge on any atom is 0.267 e. The normalized spacial score (nSPS) is 11.4. The van der Waals surface area contributed by atoms with Crippen LogP contribution in [0.2, 0.25) is 0 Å². The summed E-state index contributed by atoms with van der Waals surface area (Å²) in [5, 5.41) is 0.611. The zero-order valence-electron chi connectivity index (χ0n) is 19.9. The van der Waals surface area contributed by atoms with Gasteiger partial charge in [-0.2, -0.15) is 0 Å². The maximum absolute atomic E-state index is 13.5. The summed E-state index contributed by atoms with van der Waals surface area (Å²) in [4.78, 5) is 20.7. The molecule has 176 valence electrons. The van der Waals surface area contributed by atoms with Gasteiger partial charge in [-0.3, -0.25) is 9.36 Å². The van der Waals surface area contributed by atoms with Crippen LogP contribution in [0, 0.1) is 0 Å². The first-order chi connectivity index (χ1) is 18.3. The molecule has 7 aromatic rings. The van der Waals surface area contributed by atoms with Gasteiger partial charge < -0.3 is 4.90 Å². The van der Waals surface area contributed by atoms with Crippen molar-refractivity contribution in [2.75, 3.05) is 4.90 Å². The van der Waals surface area contributed by atoms with E-state index in [-0.39, 0.29) is 5.56 Å². The minimum atomic E-state index is -0.0634. The summed E-state index contributed by atoms with van der Waals surface area (Å²) < 4.78 is 3.77. The molecule has 0 bridgehead atoms. The Morgan fingerprint density at radius 1 is 0.541 bits per heavy atom. The Morgan fingerprint density at radius 2 is 1.08 bits per heavy atom. The van der Waals surface area contributed by atoms with Crippen LogP contribution in [-0.4, -0.2) is 14.0 Å². The van der Waals surface area contributed by atoms with Crippen LogP contribution in [0.25, 0.3) is 33.4 Å². The van der Waals surface area contributed by atoms with E-state index >= 15 is 0 Å². The zero-order chi connectivity index (χ0) is 24.8. The zero-order valence-corrected chi connectivity index (χ0v) is 19.9. The van der Waals surface area contributed by atoms with Crippen LogP contribution in [0.5, 0.6) is 0 Å². The summed E-state index contributed by atoms with van der Waals surface area (Å²) in [7, 11) is 0. The standard InChI is InChI=1S/C32H22N4O/c37-31-27-15-7-8-16-28(27)33-32-35(29-17-9-10-18-30(29)36(31)32)26-21-19-25(20-22-26)34(23-11-3-1-4-12-23)24-13-5-2-6-14-24/h1-22H. The molecule has 0 saturated carbocycles. The van der Waals surface area contributed by atoms with Crippen LogP contribution >= 0.6 is 0 Å². The first-order valence-corrected chi connectivity index (χ1v) is 12.2. The van der Waals surface area contributed by atoms with Crippen molar-refractivity contribution in [1.82, 2.24) is 14.0 Å². The fraction of sp³-hybridized carbons (Fsp3) is 0. The number of hydrogen-bond donors (Lipinski definition) is 0. The van der Waals surface area contributed by atoms with E-state index in [9.17, 15) is 4.79 Å². The number of rotatable bonds is 4. The van der Waals surface area contributed by atoms with Gasteiger partial charge in [0.05, 0.1) is 21.9 Å². The molecule has 5 nitrogen and oxygen atoms in total. The molecule has 37 heavy (non-hydrogen) atoms. The minimum absolute atomic E-state index is 0.0634. The van der Waals surface area contributed by atoms with Crippen molar-refractivity contribution in [2.45, 2.75) is 0 Å². The second-order valence-corrected chi connectivity index (χ2v) is 8.92. The highest BCUT2D eigenvalue weighted by Crippen LogP contribution is 2.35. The van der Waals surface area contributed by atoms with Gasteiger partial charge in [-0.05, 0) is 72.8 Å². The van der Waals surface area contributed by atoms with Crippen molar-refractivity contribution in [3.05, 3.63) is 144 Å². The average Bonchev–Trinajstić information content (AvgIpc) is 3.29. The Labute approximate surface area is 213 Å². The molecule has 0 aliphatic carbocycles. The molecule has 0 fully saturated rings. The van der Waals surface area contributed by atoms with Crippen LogP contribution in [0.15, 0.2) is 138 Å². The summed E-state index contributed by atoms with van der Waals surface area (Å²) in [6, 6.07) is 44.5. The second kappa shape index (κ2) is 8.50. The predicted octanol–water partition coefficient (Wildman–Crippen LogP) is 7.26. The lowest BCUT2D eigenvalue weighted by atomic mass is 10.2. The molecule has 5 aromatic carbocycles. The lowest BCUT2D eigenvalue weighted by Crippen LogP contribution is -2.15. The molecule has 0 aliphatic heterocycles. The van der Waals surface area contributed by atoms with Gasteiger partial charge in [-0.15, -0.1) is 0 Å². The lowest BCUT2D eigenvalue weighted by molar-refractivity contribution is 1.05. The molecular formula is C32H22N4O. The highest BCUT2D eigenvalue weighted by Gasteiger charge is 2.18. The monoisotopic (exact) mass is 478 g/mol. The summed E-state index contributed by atoms with van der Waals surface area (Å²) in [6.07, 6.45) is 0. The summed E-state index contributed by atoms with van der Waals surface area (Å²) in [5.41, 5.74) is 6.52. The molecule has 2 heterocycles. The van der Waals surface area contributed by atoms with E-state index in [4.69, 9.17) is 4.98 Å². The number of imidazole rings is 1. The van der Waals surface area contributed by atoms with Gasteiger partial charge in [-0.1, -0.05) is 60.7 Å². The van der Waals surface area contributed by atoms with Crippen molar-refractivity contribution < 1.29 is 0 Å². The van der Waals surface area contributed by atoms with E-state index in [1.54, 1.807) is 4.40 Å². The van der Waals surface area contributed by atoms with Crippen molar-refractivity contribution in [3.8, 4) is 5.69 Å². The van der Waals surface area contributed by atoms with E-state index in [1.165, 1.54) is 0 Å². The van der Waals surface area contributed by atoms with Crippen LogP contribution in [0.4, 0.5) is 17.1 Å². The SMILES string of the molecule is O=c1c2ccccc2nc2n(-c3ccc(N(c4ccccc4)c4ccccc4)cc3)c3ccccc3n12. The number of fused-ring (bicyclic) bond motifs is 4. The van der Waals surface area contributed by atoms with E-state index in [2.05, 4.69) is 58.0 Å². The van der Waals surface area contributed by atoms with Crippen molar-refractivity contribution >= 4 is 44.8 Å². The molecule has 0 radical (unpaired) electrons. The molecule has 0 N–H and O–H groups in total. The molecule has 0 unspecified atom stereocenters. The summed E-state index contributed by atoms with van der Waals surface area (Å²) >= 11 is 0. The first kappa shape index (κ1) is 21.1. The molecular weight excluding hydrogens is 456 g/mol. The van der Waals surface area contributed by atoms with Gasteiger partial charge in [0.2, 0.25) is 5.78 Å². The third kappa shape index (κ3) is 3.40. The van der Waals surface area contributed by atoms with Crippen molar-refractivity contribution in [1.29, 1.82) is 0 Å². The topological polar surface area (TPSA) is 42.5 Å². The van der Waals surface area contributed by atoms with E-state index in [0.29, 0.717) is 16.7 Å². The number of nitrogens with zero attached hydrogens (tertiary/aromatic N) is 4. The molecule has 0 saturated heterocycles.